The Morgan fingerprint density at radius 3 is 2.47 bits per heavy atom. The molecule has 1 aliphatic heterocycles. The lowest BCUT2D eigenvalue weighted by Gasteiger charge is -2.40. The average molecular weight is 263 g/mol. The number of hydrogen-bond donors (Lipinski definition) is 1. The fraction of sp³-hybridized carbons (Fsp3) is 0.812. The lowest BCUT2D eigenvalue weighted by atomic mass is 9.68. The van der Waals surface area contributed by atoms with E-state index in [2.05, 4.69) is 37.2 Å². The van der Waals surface area contributed by atoms with Crippen molar-refractivity contribution < 1.29 is 0 Å². The first kappa shape index (κ1) is 14.4. The van der Waals surface area contributed by atoms with E-state index >= 15 is 0 Å². The molecule has 2 N–H and O–H groups in total. The van der Waals surface area contributed by atoms with Crippen LogP contribution >= 0.6 is 0 Å². The summed E-state index contributed by atoms with van der Waals surface area (Å²) < 4.78 is 0. The van der Waals surface area contributed by atoms with Crippen LogP contribution in [0, 0.1) is 17.3 Å². The first-order valence-electron chi connectivity index (χ1n) is 7.61. The van der Waals surface area contributed by atoms with Crippen LogP contribution in [0.5, 0.6) is 0 Å². The van der Waals surface area contributed by atoms with E-state index in [0.717, 1.165) is 24.9 Å². The third-order valence-electron chi connectivity index (χ3n) is 5.00. The molecule has 0 aromatic carbocycles. The van der Waals surface area contributed by atoms with E-state index < -0.39 is 0 Å². The van der Waals surface area contributed by atoms with E-state index in [1.54, 1.807) is 0 Å². The molecule has 19 heavy (non-hydrogen) atoms. The smallest absolute Gasteiger partial charge is 0.191 e. The van der Waals surface area contributed by atoms with Crippen molar-refractivity contribution in [1.29, 1.82) is 0 Å². The molecule has 3 heteroatoms. The molecule has 108 valence electrons. The van der Waals surface area contributed by atoms with Crippen molar-refractivity contribution in [3.8, 4) is 0 Å². The molecule has 1 saturated carbocycles. The van der Waals surface area contributed by atoms with Gasteiger partial charge in [-0.05, 0) is 42.9 Å². The molecule has 1 unspecified atom stereocenters. The van der Waals surface area contributed by atoms with Crippen molar-refractivity contribution in [3.05, 3.63) is 12.7 Å². The number of rotatable bonds is 3. The lowest BCUT2D eigenvalue weighted by molar-refractivity contribution is 0.118. The molecule has 3 nitrogen and oxygen atoms in total. The number of guanidine groups is 1. The maximum absolute atomic E-state index is 5.99. The summed E-state index contributed by atoms with van der Waals surface area (Å²) in [4.78, 5) is 6.68. The quantitative estimate of drug-likeness (QED) is 0.795. The Labute approximate surface area is 118 Å². The van der Waals surface area contributed by atoms with Crippen molar-refractivity contribution in [2.75, 3.05) is 13.1 Å². The Kier molecular flexibility index (Phi) is 4.22. The summed E-state index contributed by atoms with van der Waals surface area (Å²) in [6.45, 7) is 12.7. The minimum Gasteiger partial charge on any atom is -0.370 e. The van der Waals surface area contributed by atoms with Gasteiger partial charge >= 0.3 is 0 Å². The van der Waals surface area contributed by atoms with E-state index in [0.29, 0.717) is 17.4 Å². The summed E-state index contributed by atoms with van der Waals surface area (Å²) in [6.07, 6.45) is 7.28. The molecular formula is C16H29N3. The third kappa shape index (κ3) is 3.13. The molecule has 0 saturated heterocycles. The van der Waals surface area contributed by atoms with E-state index in [1.165, 1.54) is 25.7 Å². The van der Waals surface area contributed by atoms with Gasteiger partial charge in [0.15, 0.2) is 5.96 Å². The van der Waals surface area contributed by atoms with Crippen LogP contribution in [0.25, 0.3) is 0 Å². The zero-order chi connectivity index (χ0) is 14.0. The van der Waals surface area contributed by atoms with Crippen molar-refractivity contribution in [3.63, 3.8) is 0 Å². The van der Waals surface area contributed by atoms with Gasteiger partial charge in [0, 0.05) is 6.54 Å². The minimum absolute atomic E-state index is 0.455. The van der Waals surface area contributed by atoms with Gasteiger partial charge in [-0.25, -0.2) is 0 Å². The average Bonchev–Trinajstić information content (AvgIpc) is 2.71. The van der Waals surface area contributed by atoms with Gasteiger partial charge in [-0.1, -0.05) is 26.8 Å². The molecule has 1 heterocycles. The molecule has 0 bridgehead atoms. The fourth-order valence-corrected chi connectivity index (χ4v) is 3.69. The summed E-state index contributed by atoms with van der Waals surface area (Å²) in [6, 6.07) is 0.513. The lowest BCUT2D eigenvalue weighted by Crippen LogP contribution is -2.45. The van der Waals surface area contributed by atoms with Crippen molar-refractivity contribution >= 4 is 5.96 Å². The first-order valence-corrected chi connectivity index (χ1v) is 7.61. The first-order chi connectivity index (χ1) is 8.93. The highest BCUT2D eigenvalue weighted by atomic mass is 15.3. The monoisotopic (exact) mass is 263 g/mol. The van der Waals surface area contributed by atoms with Crippen LogP contribution in [0.2, 0.25) is 0 Å². The summed E-state index contributed by atoms with van der Waals surface area (Å²) in [5, 5.41) is 0. The van der Waals surface area contributed by atoms with Gasteiger partial charge in [-0.2, -0.15) is 0 Å². The molecule has 1 aliphatic carbocycles. The van der Waals surface area contributed by atoms with Gasteiger partial charge in [-0.3, -0.25) is 4.99 Å². The second-order valence-corrected chi connectivity index (χ2v) is 7.19. The van der Waals surface area contributed by atoms with Crippen LogP contribution < -0.4 is 5.73 Å². The molecular weight excluding hydrogens is 234 g/mol. The molecule has 1 fully saturated rings. The summed E-state index contributed by atoms with van der Waals surface area (Å²) in [7, 11) is 0. The number of aliphatic imine (C=N–C) groups is 1. The van der Waals surface area contributed by atoms with Crippen molar-refractivity contribution in [2.45, 2.75) is 52.5 Å². The minimum atomic E-state index is 0.455. The Hall–Kier alpha value is -0.990. The fourth-order valence-electron chi connectivity index (χ4n) is 3.69. The highest BCUT2D eigenvalue weighted by Gasteiger charge is 2.37. The highest BCUT2D eigenvalue weighted by molar-refractivity contribution is 5.80. The van der Waals surface area contributed by atoms with Crippen molar-refractivity contribution in [2.24, 2.45) is 28.0 Å². The van der Waals surface area contributed by atoms with Crippen LogP contribution in [0.1, 0.15) is 46.5 Å². The highest BCUT2D eigenvalue weighted by Crippen LogP contribution is 2.41. The third-order valence-corrected chi connectivity index (χ3v) is 5.00. The van der Waals surface area contributed by atoms with E-state index in [4.69, 9.17) is 5.73 Å². The number of hydrogen-bond acceptors (Lipinski definition) is 3. The molecule has 0 radical (unpaired) electrons. The van der Waals surface area contributed by atoms with Gasteiger partial charge in [0.1, 0.15) is 0 Å². The molecule has 2 rings (SSSR count). The standard InChI is InChI=1S/C16H29N3/c1-5-10-19-14(11-18-15(19)17)12-6-8-13(9-7-12)16(2,3)4/h5,12-14H,1,6-11H2,2-4H3,(H2,17,18). The number of nitrogens with zero attached hydrogens (tertiary/aromatic N) is 2. The summed E-state index contributed by atoms with van der Waals surface area (Å²) in [5.74, 6) is 2.34. The maximum Gasteiger partial charge on any atom is 0.191 e. The second-order valence-electron chi connectivity index (χ2n) is 7.19. The topological polar surface area (TPSA) is 41.6 Å². The van der Waals surface area contributed by atoms with Gasteiger partial charge in [0.25, 0.3) is 0 Å². The van der Waals surface area contributed by atoms with E-state index in [1.807, 2.05) is 6.08 Å². The molecule has 1 atom stereocenters. The SMILES string of the molecule is C=CCN1C(N)=NCC1C1CCC(C(C)(C)C)CC1. The van der Waals surface area contributed by atoms with Crippen molar-refractivity contribution in [1.82, 2.24) is 4.90 Å². The molecule has 0 spiro atoms. The summed E-state index contributed by atoms with van der Waals surface area (Å²) in [5.41, 5.74) is 6.44. The van der Waals surface area contributed by atoms with Crippen LogP contribution in [-0.4, -0.2) is 30.0 Å². The second kappa shape index (κ2) is 5.56. The van der Waals surface area contributed by atoms with E-state index in [9.17, 15) is 0 Å². The molecule has 0 amide bonds. The molecule has 0 aromatic heterocycles. The predicted octanol–water partition coefficient (Wildman–Crippen LogP) is 3.02. The maximum atomic E-state index is 5.99. The van der Waals surface area contributed by atoms with Gasteiger partial charge in [0.2, 0.25) is 0 Å². The van der Waals surface area contributed by atoms with E-state index in [-0.39, 0.29) is 0 Å². The van der Waals surface area contributed by atoms with Gasteiger partial charge in [-0.15, -0.1) is 6.58 Å². The van der Waals surface area contributed by atoms with Gasteiger partial charge < -0.3 is 10.6 Å². The molecule has 2 aliphatic rings. The normalized spacial score (nSPS) is 32.3. The Morgan fingerprint density at radius 1 is 1.32 bits per heavy atom. The van der Waals surface area contributed by atoms with Crippen LogP contribution in [-0.2, 0) is 0 Å². The van der Waals surface area contributed by atoms with Crippen LogP contribution in [0.4, 0.5) is 0 Å². The van der Waals surface area contributed by atoms with Crippen LogP contribution in [0.15, 0.2) is 17.6 Å². The Morgan fingerprint density at radius 2 is 1.95 bits per heavy atom. The zero-order valence-corrected chi connectivity index (χ0v) is 12.7. The van der Waals surface area contributed by atoms with Gasteiger partial charge in [0.05, 0.1) is 12.6 Å². The predicted molar refractivity (Wildman–Crippen MR) is 82.1 cm³/mol. The largest absolute Gasteiger partial charge is 0.370 e. The van der Waals surface area contributed by atoms with Crippen LogP contribution in [0.3, 0.4) is 0 Å². The Balaban J connectivity index is 1.93. The zero-order valence-electron chi connectivity index (χ0n) is 12.7. The Bertz CT molecular complexity index is 345. The summed E-state index contributed by atoms with van der Waals surface area (Å²) >= 11 is 0. The number of nitrogens with two attached hydrogens (primary N) is 1. The molecule has 0 aromatic rings.